The largest absolute Gasteiger partial charge is 0.213 e. The van der Waals surface area contributed by atoms with Crippen LogP contribution in [0.1, 0.15) is 19.3 Å². The van der Waals surface area contributed by atoms with E-state index in [2.05, 4.69) is 4.72 Å². The summed E-state index contributed by atoms with van der Waals surface area (Å²) in [6, 6.07) is 0.291. The summed E-state index contributed by atoms with van der Waals surface area (Å²) in [6.07, 6.45) is 4.97. The van der Waals surface area contributed by atoms with Gasteiger partial charge < -0.3 is 0 Å². The summed E-state index contributed by atoms with van der Waals surface area (Å²) in [5.41, 5.74) is 0. The maximum absolute atomic E-state index is 10.8. The Morgan fingerprint density at radius 1 is 1.27 bits per heavy atom. The van der Waals surface area contributed by atoms with Gasteiger partial charge in [0.1, 0.15) is 0 Å². The van der Waals surface area contributed by atoms with Crippen LogP contribution in [0, 0.1) is 11.8 Å². The van der Waals surface area contributed by atoms with Crippen LogP contribution in [0.15, 0.2) is 0 Å². The third-order valence-electron chi connectivity index (χ3n) is 2.76. The number of fused-ring (bicyclic) bond motifs is 1. The number of hydrogen-bond acceptors (Lipinski definition) is 2. The van der Waals surface area contributed by atoms with Gasteiger partial charge in [0, 0.05) is 6.04 Å². The van der Waals surface area contributed by atoms with E-state index < -0.39 is 10.0 Å². The van der Waals surface area contributed by atoms with Crippen molar-refractivity contribution in [2.24, 2.45) is 11.8 Å². The second-order valence-electron chi connectivity index (χ2n) is 3.67. The van der Waals surface area contributed by atoms with Crippen molar-refractivity contribution in [3.8, 4) is 0 Å². The van der Waals surface area contributed by atoms with Gasteiger partial charge in [0.15, 0.2) is 0 Å². The molecule has 0 aromatic carbocycles. The summed E-state index contributed by atoms with van der Waals surface area (Å²) >= 11 is 0. The van der Waals surface area contributed by atoms with Gasteiger partial charge in [0.2, 0.25) is 10.0 Å². The van der Waals surface area contributed by atoms with Crippen molar-refractivity contribution in [3.05, 3.63) is 0 Å². The molecule has 2 rings (SSSR count). The lowest BCUT2D eigenvalue weighted by molar-refractivity contribution is 0.569. The Labute approximate surface area is 67.2 Å². The normalized spacial score (nSPS) is 42.1. The highest BCUT2D eigenvalue weighted by Gasteiger charge is 2.53. The van der Waals surface area contributed by atoms with Crippen LogP contribution in [0.2, 0.25) is 0 Å². The molecule has 0 saturated heterocycles. The molecule has 0 amide bonds. The summed E-state index contributed by atoms with van der Waals surface area (Å²) in [6.45, 7) is 0. The standard InChI is InChI=1S/C7H13NO2S/c1-11(9,10)8-7-5-3-2-4-6(5)7/h5-8H,2-4H2,1H3/t5-,6+,7?. The summed E-state index contributed by atoms with van der Waals surface area (Å²) in [5.74, 6) is 1.34. The first-order valence-electron chi connectivity index (χ1n) is 4.05. The summed E-state index contributed by atoms with van der Waals surface area (Å²) in [5, 5.41) is 0. The SMILES string of the molecule is CS(=O)(=O)NC1[C@H]2CCC[C@@H]12. The van der Waals surface area contributed by atoms with Crippen LogP contribution < -0.4 is 4.72 Å². The van der Waals surface area contributed by atoms with E-state index in [1.54, 1.807) is 0 Å². The van der Waals surface area contributed by atoms with E-state index in [-0.39, 0.29) is 0 Å². The molecule has 0 bridgehead atoms. The minimum absolute atomic E-state index is 0.291. The third kappa shape index (κ3) is 1.42. The first-order valence-corrected chi connectivity index (χ1v) is 5.94. The minimum Gasteiger partial charge on any atom is -0.213 e. The smallest absolute Gasteiger partial charge is 0.208 e. The first-order chi connectivity index (χ1) is 5.08. The molecule has 1 unspecified atom stereocenters. The molecule has 0 aromatic rings. The fourth-order valence-corrected chi connectivity index (χ4v) is 3.09. The molecule has 3 atom stereocenters. The van der Waals surface area contributed by atoms with Crippen LogP contribution in [-0.2, 0) is 10.0 Å². The van der Waals surface area contributed by atoms with Gasteiger partial charge >= 0.3 is 0 Å². The summed E-state index contributed by atoms with van der Waals surface area (Å²) in [4.78, 5) is 0. The monoisotopic (exact) mass is 175 g/mol. The number of sulfonamides is 1. The lowest BCUT2D eigenvalue weighted by Crippen LogP contribution is -2.27. The van der Waals surface area contributed by atoms with Gasteiger partial charge in [0.25, 0.3) is 0 Å². The molecular weight excluding hydrogens is 162 g/mol. The van der Waals surface area contributed by atoms with Crippen molar-refractivity contribution < 1.29 is 8.42 Å². The van der Waals surface area contributed by atoms with E-state index in [4.69, 9.17) is 0 Å². The van der Waals surface area contributed by atoms with Crippen LogP contribution in [-0.4, -0.2) is 20.7 Å². The van der Waals surface area contributed by atoms with E-state index in [1.165, 1.54) is 25.5 Å². The van der Waals surface area contributed by atoms with Crippen molar-refractivity contribution in [3.63, 3.8) is 0 Å². The first kappa shape index (κ1) is 7.55. The van der Waals surface area contributed by atoms with Crippen molar-refractivity contribution in [2.75, 3.05) is 6.26 Å². The molecule has 3 nitrogen and oxygen atoms in total. The molecule has 4 heteroatoms. The Bertz CT molecular complexity index is 250. The van der Waals surface area contributed by atoms with E-state index in [0.717, 1.165) is 0 Å². The van der Waals surface area contributed by atoms with Crippen LogP contribution >= 0.6 is 0 Å². The van der Waals surface area contributed by atoms with Crippen molar-refractivity contribution in [1.29, 1.82) is 0 Å². The molecule has 2 saturated carbocycles. The fourth-order valence-electron chi connectivity index (χ4n) is 2.24. The van der Waals surface area contributed by atoms with Crippen LogP contribution in [0.5, 0.6) is 0 Å². The van der Waals surface area contributed by atoms with Crippen molar-refractivity contribution >= 4 is 10.0 Å². The van der Waals surface area contributed by atoms with Gasteiger partial charge in [0.05, 0.1) is 6.26 Å². The molecule has 11 heavy (non-hydrogen) atoms. The fraction of sp³-hybridized carbons (Fsp3) is 1.00. The summed E-state index contributed by atoms with van der Waals surface area (Å²) < 4.78 is 24.3. The Hall–Kier alpha value is -0.0900. The van der Waals surface area contributed by atoms with Crippen molar-refractivity contribution in [2.45, 2.75) is 25.3 Å². The maximum atomic E-state index is 10.8. The molecule has 2 fully saturated rings. The van der Waals surface area contributed by atoms with E-state index in [9.17, 15) is 8.42 Å². The average molecular weight is 175 g/mol. The molecule has 0 heterocycles. The van der Waals surface area contributed by atoms with Gasteiger partial charge in [-0.3, -0.25) is 0 Å². The maximum Gasteiger partial charge on any atom is 0.208 e. The Balaban J connectivity index is 1.93. The number of hydrogen-bond donors (Lipinski definition) is 1. The second-order valence-corrected chi connectivity index (χ2v) is 5.45. The molecule has 0 aromatic heterocycles. The van der Waals surface area contributed by atoms with E-state index in [1.807, 2.05) is 0 Å². The van der Waals surface area contributed by atoms with Crippen molar-refractivity contribution in [1.82, 2.24) is 4.72 Å². The van der Waals surface area contributed by atoms with Crippen LogP contribution in [0.3, 0.4) is 0 Å². The van der Waals surface area contributed by atoms with Gasteiger partial charge in [-0.05, 0) is 24.7 Å². The average Bonchev–Trinajstić information content (AvgIpc) is 2.39. The van der Waals surface area contributed by atoms with Gasteiger partial charge in [-0.2, -0.15) is 0 Å². The zero-order valence-electron chi connectivity index (χ0n) is 6.58. The molecule has 64 valence electrons. The van der Waals surface area contributed by atoms with Gasteiger partial charge in [-0.15, -0.1) is 0 Å². The van der Waals surface area contributed by atoms with Gasteiger partial charge in [-0.1, -0.05) is 6.42 Å². The Morgan fingerprint density at radius 3 is 2.27 bits per heavy atom. The second kappa shape index (κ2) is 2.20. The van der Waals surface area contributed by atoms with Crippen LogP contribution in [0.25, 0.3) is 0 Å². The molecule has 2 aliphatic rings. The van der Waals surface area contributed by atoms with Gasteiger partial charge in [-0.25, -0.2) is 13.1 Å². The molecule has 0 aliphatic heterocycles. The van der Waals surface area contributed by atoms with E-state index in [0.29, 0.717) is 17.9 Å². The molecule has 1 N–H and O–H groups in total. The third-order valence-corrected chi connectivity index (χ3v) is 3.46. The lowest BCUT2D eigenvalue weighted by Gasteiger charge is -2.02. The highest BCUT2D eigenvalue weighted by Crippen LogP contribution is 2.51. The zero-order valence-corrected chi connectivity index (χ0v) is 7.39. The zero-order chi connectivity index (χ0) is 8.06. The summed E-state index contributed by atoms with van der Waals surface area (Å²) in [7, 11) is -2.95. The Morgan fingerprint density at radius 2 is 1.82 bits per heavy atom. The number of nitrogens with one attached hydrogen (secondary N) is 1. The van der Waals surface area contributed by atoms with Crippen LogP contribution in [0.4, 0.5) is 0 Å². The van der Waals surface area contributed by atoms with E-state index >= 15 is 0 Å². The predicted octanol–water partition coefficient (Wildman–Crippen LogP) is 0.334. The molecule has 0 spiro atoms. The lowest BCUT2D eigenvalue weighted by atomic mass is 10.2. The highest BCUT2D eigenvalue weighted by atomic mass is 32.2. The molecular formula is C7H13NO2S. The predicted molar refractivity (Wildman–Crippen MR) is 42.6 cm³/mol. The Kier molecular flexibility index (Phi) is 1.51. The number of rotatable bonds is 2. The highest BCUT2D eigenvalue weighted by molar-refractivity contribution is 7.88. The quantitative estimate of drug-likeness (QED) is 0.657. The minimum atomic E-state index is -2.95. The topological polar surface area (TPSA) is 46.2 Å². The molecule has 0 radical (unpaired) electrons. The molecule has 2 aliphatic carbocycles.